The number of anilines is 2. The molecule has 0 radical (unpaired) electrons. The number of aromatic nitrogens is 1. The van der Waals surface area contributed by atoms with Crippen LogP contribution in [0, 0.1) is 13.8 Å². The van der Waals surface area contributed by atoms with Gasteiger partial charge >= 0.3 is 6.18 Å². The molecule has 6 nitrogen and oxygen atoms in total. The second-order valence-corrected chi connectivity index (χ2v) is 10.8. The van der Waals surface area contributed by atoms with E-state index in [-0.39, 0.29) is 11.5 Å². The summed E-state index contributed by atoms with van der Waals surface area (Å²) < 4.78 is 41.0. The molecule has 0 spiro atoms. The van der Waals surface area contributed by atoms with E-state index >= 15 is 0 Å². The van der Waals surface area contributed by atoms with E-state index in [9.17, 15) is 22.8 Å². The molecular weight excluding hydrogens is 577 g/mol. The summed E-state index contributed by atoms with van der Waals surface area (Å²) in [5.41, 5.74) is 11.5. The molecule has 45 heavy (non-hydrogen) atoms. The van der Waals surface area contributed by atoms with Crippen molar-refractivity contribution in [2.75, 3.05) is 17.2 Å². The minimum absolute atomic E-state index is 0.283. The first-order valence-corrected chi connectivity index (χ1v) is 14.5. The molecule has 9 heteroatoms. The van der Waals surface area contributed by atoms with Gasteiger partial charge in [0.1, 0.15) is 5.69 Å². The molecule has 1 heterocycles. The molecule has 230 valence electrons. The summed E-state index contributed by atoms with van der Waals surface area (Å²) in [6, 6.07) is 27.1. The van der Waals surface area contributed by atoms with Gasteiger partial charge in [-0.25, -0.2) is 0 Å². The normalized spacial score (nSPS) is 11.3. The number of benzene rings is 4. The quantitative estimate of drug-likeness (QED) is 0.157. The van der Waals surface area contributed by atoms with Crippen LogP contribution in [0.25, 0.3) is 22.3 Å². The molecular formula is C36H33F3N4O2. The molecule has 5 aromatic rings. The molecule has 0 unspecified atom stereocenters. The van der Waals surface area contributed by atoms with Crippen LogP contribution in [0.1, 0.15) is 44.0 Å². The average Bonchev–Trinajstić information content (AvgIpc) is 3.34. The molecule has 2 amide bonds. The lowest BCUT2D eigenvalue weighted by Crippen LogP contribution is -2.19. The van der Waals surface area contributed by atoms with E-state index in [0.29, 0.717) is 53.3 Å². The van der Waals surface area contributed by atoms with Crippen molar-refractivity contribution in [3.8, 4) is 22.3 Å². The SMILES string of the molecule is Cc1ccc(-c2ccc(NC(=O)c3c(C)c(NC(=O)c4ccccc4-c4ccc(C(F)(F)F)cc4)cn3CCCN)cc2)cc1. The average molecular weight is 611 g/mol. The molecule has 0 bridgehead atoms. The summed E-state index contributed by atoms with van der Waals surface area (Å²) in [7, 11) is 0. The highest BCUT2D eigenvalue weighted by Gasteiger charge is 2.30. The van der Waals surface area contributed by atoms with E-state index in [4.69, 9.17) is 5.73 Å². The second kappa shape index (κ2) is 13.2. The molecule has 4 aromatic carbocycles. The summed E-state index contributed by atoms with van der Waals surface area (Å²) in [6.07, 6.45) is -2.14. The zero-order valence-electron chi connectivity index (χ0n) is 24.9. The Morgan fingerprint density at radius 1 is 0.756 bits per heavy atom. The zero-order valence-corrected chi connectivity index (χ0v) is 24.9. The Morgan fingerprint density at radius 3 is 1.98 bits per heavy atom. The van der Waals surface area contributed by atoms with Crippen molar-refractivity contribution >= 4 is 23.2 Å². The third kappa shape index (κ3) is 7.16. The van der Waals surface area contributed by atoms with Gasteiger partial charge in [-0.2, -0.15) is 13.2 Å². The van der Waals surface area contributed by atoms with Crippen LogP contribution >= 0.6 is 0 Å². The van der Waals surface area contributed by atoms with Crippen molar-refractivity contribution in [1.29, 1.82) is 0 Å². The van der Waals surface area contributed by atoms with Crippen LogP contribution in [0.3, 0.4) is 0 Å². The van der Waals surface area contributed by atoms with Crippen molar-refractivity contribution < 1.29 is 22.8 Å². The number of alkyl halides is 3. The number of rotatable bonds is 9. The van der Waals surface area contributed by atoms with Crippen LogP contribution in [0.15, 0.2) is 103 Å². The van der Waals surface area contributed by atoms with Crippen LogP contribution in [0.5, 0.6) is 0 Å². The van der Waals surface area contributed by atoms with Gasteiger partial charge in [0.05, 0.1) is 11.3 Å². The lowest BCUT2D eigenvalue weighted by molar-refractivity contribution is -0.137. The third-order valence-electron chi connectivity index (χ3n) is 7.62. The van der Waals surface area contributed by atoms with Crippen molar-refractivity contribution in [1.82, 2.24) is 4.57 Å². The highest BCUT2D eigenvalue weighted by atomic mass is 19.4. The number of hydrogen-bond donors (Lipinski definition) is 3. The molecule has 1 aromatic heterocycles. The first-order chi connectivity index (χ1) is 21.5. The number of carbonyl (C=O) groups is 2. The standard InChI is InChI=1S/C36H33F3N4O2/c1-23-8-10-25(11-9-23)26-14-18-29(19-15-26)41-35(45)33-24(2)32(22-43(33)21-5-20-40)42-34(44)31-7-4-3-6-30(31)27-12-16-28(17-13-27)36(37,38)39/h3-4,6-19,22H,5,20-21,40H2,1-2H3,(H,41,45)(H,42,44). The van der Waals surface area contributed by atoms with Gasteiger partial charge in [-0.05, 0) is 79.4 Å². The molecule has 4 N–H and O–H groups in total. The predicted octanol–water partition coefficient (Wildman–Crippen LogP) is 8.31. The summed E-state index contributed by atoms with van der Waals surface area (Å²) in [4.78, 5) is 27.1. The molecule has 0 aliphatic carbocycles. The smallest absolute Gasteiger partial charge is 0.341 e. The Bertz CT molecular complexity index is 1810. The minimum Gasteiger partial charge on any atom is -0.341 e. The number of halogens is 3. The van der Waals surface area contributed by atoms with Gasteiger partial charge in [0, 0.05) is 29.6 Å². The summed E-state index contributed by atoms with van der Waals surface area (Å²) in [6.45, 7) is 4.67. The van der Waals surface area contributed by atoms with Gasteiger partial charge in [-0.1, -0.05) is 72.3 Å². The monoisotopic (exact) mass is 610 g/mol. The van der Waals surface area contributed by atoms with E-state index in [0.717, 1.165) is 23.3 Å². The van der Waals surface area contributed by atoms with E-state index in [1.54, 1.807) is 42.0 Å². The van der Waals surface area contributed by atoms with Gasteiger partial charge in [0.25, 0.3) is 11.8 Å². The first kappa shape index (κ1) is 31.3. The zero-order chi connectivity index (χ0) is 32.1. The van der Waals surface area contributed by atoms with E-state index < -0.39 is 17.6 Å². The van der Waals surface area contributed by atoms with Crippen LogP contribution in [-0.4, -0.2) is 22.9 Å². The maximum absolute atomic E-state index is 13.6. The van der Waals surface area contributed by atoms with Crippen molar-refractivity contribution in [2.45, 2.75) is 33.0 Å². The Morgan fingerprint density at radius 2 is 1.36 bits per heavy atom. The lowest BCUT2D eigenvalue weighted by Gasteiger charge is -2.12. The number of aryl methyl sites for hydroxylation is 2. The molecule has 0 fully saturated rings. The fourth-order valence-corrected chi connectivity index (χ4v) is 5.17. The van der Waals surface area contributed by atoms with Crippen molar-refractivity contribution in [3.05, 3.63) is 131 Å². The summed E-state index contributed by atoms with van der Waals surface area (Å²) >= 11 is 0. The van der Waals surface area contributed by atoms with Gasteiger partial charge in [-0.3, -0.25) is 9.59 Å². The van der Waals surface area contributed by atoms with Crippen LogP contribution in [0.4, 0.5) is 24.5 Å². The maximum atomic E-state index is 13.6. The van der Waals surface area contributed by atoms with Crippen LogP contribution in [-0.2, 0) is 12.7 Å². The van der Waals surface area contributed by atoms with E-state index in [1.807, 2.05) is 55.5 Å². The lowest BCUT2D eigenvalue weighted by atomic mass is 9.98. The Kier molecular flexibility index (Phi) is 9.20. The highest BCUT2D eigenvalue weighted by Crippen LogP contribution is 2.33. The Balaban J connectivity index is 1.38. The molecule has 0 saturated carbocycles. The number of amides is 2. The van der Waals surface area contributed by atoms with Crippen LogP contribution < -0.4 is 16.4 Å². The number of nitrogens with one attached hydrogen (secondary N) is 2. The summed E-state index contributed by atoms with van der Waals surface area (Å²) in [5, 5.41) is 5.87. The van der Waals surface area contributed by atoms with Gasteiger partial charge < -0.3 is 20.9 Å². The summed E-state index contributed by atoms with van der Waals surface area (Å²) in [5.74, 6) is -0.790. The van der Waals surface area contributed by atoms with Gasteiger partial charge in [0.15, 0.2) is 0 Å². The van der Waals surface area contributed by atoms with Crippen molar-refractivity contribution in [2.24, 2.45) is 5.73 Å². The molecule has 5 rings (SSSR count). The maximum Gasteiger partial charge on any atom is 0.416 e. The molecule has 0 saturated heterocycles. The molecule has 0 aliphatic rings. The number of hydrogen-bond acceptors (Lipinski definition) is 3. The highest BCUT2D eigenvalue weighted by molar-refractivity contribution is 6.11. The first-order valence-electron chi connectivity index (χ1n) is 14.5. The molecule has 0 atom stereocenters. The fourth-order valence-electron chi connectivity index (χ4n) is 5.17. The second-order valence-electron chi connectivity index (χ2n) is 10.8. The molecule has 0 aliphatic heterocycles. The minimum atomic E-state index is -4.46. The number of nitrogens with two attached hydrogens (primary N) is 1. The van der Waals surface area contributed by atoms with Gasteiger partial charge in [0.2, 0.25) is 0 Å². The topological polar surface area (TPSA) is 89.2 Å². The van der Waals surface area contributed by atoms with Gasteiger partial charge in [-0.15, -0.1) is 0 Å². The third-order valence-corrected chi connectivity index (χ3v) is 7.62. The van der Waals surface area contributed by atoms with E-state index in [1.165, 1.54) is 17.7 Å². The number of nitrogens with zero attached hydrogens (tertiary/aromatic N) is 1. The predicted molar refractivity (Wildman–Crippen MR) is 172 cm³/mol. The van der Waals surface area contributed by atoms with Crippen LogP contribution in [0.2, 0.25) is 0 Å². The largest absolute Gasteiger partial charge is 0.416 e. The fraction of sp³-hybridized carbons (Fsp3) is 0.167. The number of carbonyl (C=O) groups excluding carboxylic acids is 2. The van der Waals surface area contributed by atoms with Crippen molar-refractivity contribution in [3.63, 3.8) is 0 Å². The Labute approximate surface area is 259 Å². The van der Waals surface area contributed by atoms with E-state index in [2.05, 4.69) is 10.6 Å². The Hall–Kier alpha value is -5.15.